The van der Waals surface area contributed by atoms with Gasteiger partial charge in [-0.05, 0) is 17.7 Å². The lowest BCUT2D eigenvalue weighted by atomic mass is 10.1. The summed E-state index contributed by atoms with van der Waals surface area (Å²) in [7, 11) is -1.03. The molecule has 0 aliphatic rings. The number of nitrogens with zero attached hydrogens (tertiary/aromatic N) is 4. The van der Waals surface area contributed by atoms with Crippen LogP contribution in [0.5, 0.6) is 0 Å². The second kappa shape index (κ2) is 5.26. The Labute approximate surface area is 133 Å². The summed E-state index contributed by atoms with van der Waals surface area (Å²) in [4.78, 5) is 12.8. The van der Waals surface area contributed by atoms with Crippen molar-refractivity contribution >= 4 is 38.0 Å². The fourth-order valence-electron chi connectivity index (χ4n) is 2.42. The van der Waals surface area contributed by atoms with E-state index in [-0.39, 0.29) is 0 Å². The van der Waals surface area contributed by atoms with Crippen molar-refractivity contribution in [2.24, 2.45) is 0 Å². The fraction of sp³-hybridized carbons (Fsp3) is 0.133. The van der Waals surface area contributed by atoms with E-state index < -0.39 is 10.8 Å². The van der Waals surface area contributed by atoms with Crippen molar-refractivity contribution in [3.8, 4) is 0 Å². The van der Waals surface area contributed by atoms with E-state index in [0.717, 1.165) is 28.0 Å². The first-order valence-electron chi connectivity index (χ1n) is 6.69. The van der Waals surface area contributed by atoms with Gasteiger partial charge in [0.25, 0.3) is 0 Å². The Balaban J connectivity index is 1.73. The van der Waals surface area contributed by atoms with Crippen molar-refractivity contribution in [2.45, 2.75) is 10.8 Å². The molecule has 5 nitrogen and oxygen atoms in total. The van der Waals surface area contributed by atoms with Gasteiger partial charge in [-0.2, -0.15) is 0 Å². The van der Waals surface area contributed by atoms with Crippen molar-refractivity contribution in [3.63, 3.8) is 0 Å². The number of benzene rings is 1. The van der Waals surface area contributed by atoms with E-state index in [0.29, 0.717) is 4.34 Å². The second-order valence-electron chi connectivity index (χ2n) is 4.97. The highest BCUT2D eigenvalue weighted by Gasteiger charge is 2.09. The van der Waals surface area contributed by atoms with Crippen LogP contribution in [0.2, 0.25) is 0 Å². The summed E-state index contributed by atoms with van der Waals surface area (Å²) in [5.41, 5.74) is 4.05. The first kappa shape index (κ1) is 13.5. The van der Waals surface area contributed by atoms with Gasteiger partial charge >= 0.3 is 0 Å². The van der Waals surface area contributed by atoms with Gasteiger partial charge in [0.15, 0.2) is 9.99 Å². The third-order valence-corrected chi connectivity index (χ3v) is 5.81. The smallest absolute Gasteiger partial charge is 0.181 e. The molecule has 0 spiro atoms. The normalized spacial score (nSPS) is 13.0. The molecule has 0 aliphatic carbocycles. The highest BCUT2D eigenvalue weighted by molar-refractivity contribution is 7.86. The zero-order valence-electron chi connectivity index (χ0n) is 11.8. The van der Waals surface area contributed by atoms with Crippen LogP contribution in [0.25, 0.3) is 15.9 Å². The first-order valence-corrected chi connectivity index (χ1v) is 9.07. The molecule has 0 saturated carbocycles. The quantitative estimate of drug-likeness (QED) is 0.580. The average Bonchev–Trinajstić information content (AvgIpc) is 3.11. The van der Waals surface area contributed by atoms with E-state index in [2.05, 4.69) is 27.1 Å². The maximum atomic E-state index is 11.5. The van der Waals surface area contributed by atoms with Crippen LogP contribution in [0.15, 0.2) is 47.3 Å². The average molecular weight is 328 g/mol. The lowest BCUT2D eigenvalue weighted by Crippen LogP contribution is -1.94. The SMILES string of the molecule is CS(=O)c1nc2ccc(Cc3cnc4cnccn34)cc2s1. The topological polar surface area (TPSA) is 60.2 Å². The minimum Gasteiger partial charge on any atom is -0.301 e. The molecule has 0 fully saturated rings. The van der Waals surface area contributed by atoms with E-state index in [9.17, 15) is 4.21 Å². The van der Waals surface area contributed by atoms with Gasteiger partial charge in [-0.15, -0.1) is 11.3 Å². The highest BCUT2D eigenvalue weighted by Crippen LogP contribution is 2.26. The Bertz CT molecular complexity index is 1010. The summed E-state index contributed by atoms with van der Waals surface area (Å²) in [6.07, 6.45) is 9.74. The number of hydrogen-bond donors (Lipinski definition) is 0. The molecule has 7 heteroatoms. The molecule has 0 radical (unpaired) electrons. The molecule has 0 amide bonds. The molecule has 3 aromatic heterocycles. The highest BCUT2D eigenvalue weighted by atomic mass is 32.2. The molecule has 22 heavy (non-hydrogen) atoms. The standard InChI is InChI=1S/C15H12N4OS2/c1-22(20)15-18-12-3-2-10(7-13(12)21-15)6-11-8-17-14-9-16-4-5-19(11)14/h2-5,7-9H,6H2,1H3. The summed E-state index contributed by atoms with van der Waals surface area (Å²) in [6, 6.07) is 6.16. The van der Waals surface area contributed by atoms with Crippen LogP contribution in [0.1, 0.15) is 11.3 Å². The summed E-state index contributed by atoms with van der Waals surface area (Å²) in [5, 5.41) is 0. The molecule has 1 aromatic carbocycles. The van der Waals surface area contributed by atoms with Gasteiger partial charge in [-0.25, -0.2) is 9.97 Å². The van der Waals surface area contributed by atoms with Gasteiger partial charge < -0.3 is 4.40 Å². The molecule has 0 N–H and O–H groups in total. The Morgan fingerprint density at radius 1 is 1.32 bits per heavy atom. The Kier molecular flexibility index (Phi) is 3.24. The predicted molar refractivity (Wildman–Crippen MR) is 87.7 cm³/mol. The summed E-state index contributed by atoms with van der Waals surface area (Å²) < 4.78 is 15.3. The van der Waals surface area contributed by atoms with Gasteiger partial charge in [-0.1, -0.05) is 6.07 Å². The molecule has 110 valence electrons. The number of hydrogen-bond acceptors (Lipinski definition) is 5. The van der Waals surface area contributed by atoms with Crippen molar-refractivity contribution in [1.82, 2.24) is 19.4 Å². The van der Waals surface area contributed by atoms with Gasteiger partial charge in [-0.3, -0.25) is 9.19 Å². The molecular weight excluding hydrogens is 316 g/mol. The Hall–Kier alpha value is -2.12. The summed E-state index contributed by atoms with van der Waals surface area (Å²) in [6.45, 7) is 0. The van der Waals surface area contributed by atoms with Crippen LogP contribution >= 0.6 is 11.3 Å². The van der Waals surface area contributed by atoms with E-state index >= 15 is 0 Å². The van der Waals surface area contributed by atoms with Crippen LogP contribution in [0.4, 0.5) is 0 Å². The molecule has 1 atom stereocenters. The number of thiazole rings is 1. The third kappa shape index (κ3) is 2.32. The predicted octanol–water partition coefficient (Wildman–Crippen LogP) is 2.67. The first-order chi connectivity index (χ1) is 10.7. The molecule has 4 rings (SSSR count). The van der Waals surface area contributed by atoms with Gasteiger partial charge in [0.1, 0.15) is 0 Å². The summed E-state index contributed by atoms with van der Waals surface area (Å²) >= 11 is 1.49. The van der Waals surface area contributed by atoms with E-state index in [1.807, 2.05) is 22.9 Å². The zero-order chi connectivity index (χ0) is 15.1. The third-order valence-electron chi connectivity index (χ3n) is 3.46. The van der Waals surface area contributed by atoms with Crippen molar-refractivity contribution < 1.29 is 4.21 Å². The second-order valence-corrected chi connectivity index (χ2v) is 7.55. The number of aromatic nitrogens is 4. The minimum atomic E-state index is -1.03. The van der Waals surface area contributed by atoms with Gasteiger partial charge in [0, 0.05) is 37.0 Å². The van der Waals surface area contributed by atoms with Crippen LogP contribution in [-0.4, -0.2) is 29.8 Å². The maximum absolute atomic E-state index is 11.5. The van der Waals surface area contributed by atoms with E-state index in [4.69, 9.17) is 0 Å². The maximum Gasteiger partial charge on any atom is 0.181 e. The van der Waals surface area contributed by atoms with Crippen LogP contribution in [0, 0.1) is 0 Å². The lowest BCUT2D eigenvalue weighted by Gasteiger charge is -2.02. The molecule has 1 unspecified atom stereocenters. The fourth-order valence-corrected chi connectivity index (χ4v) is 4.14. The summed E-state index contributed by atoms with van der Waals surface area (Å²) in [5.74, 6) is 0. The monoisotopic (exact) mass is 328 g/mol. The molecule has 0 saturated heterocycles. The van der Waals surface area contributed by atoms with E-state index in [1.54, 1.807) is 18.6 Å². The molecule has 4 aromatic rings. The molecule has 0 aliphatic heterocycles. The van der Waals surface area contributed by atoms with Crippen LogP contribution < -0.4 is 0 Å². The largest absolute Gasteiger partial charge is 0.301 e. The van der Waals surface area contributed by atoms with Crippen LogP contribution in [0.3, 0.4) is 0 Å². The van der Waals surface area contributed by atoms with Gasteiger partial charge in [0.05, 0.1) is 27.2 Å². The molecule has 0 bridgehead atoms. The zero-order valence-corrected chi connectivity index (χ0v) is 13.4. The lowest BCUT2D eigenvalue weighted by molar-refractivity contribution is 0.686. The minimum absolute atomic E-state index is 0.674. The number of rotatable bonds is 3. The van der Waals surface area contributed by atoms with Crippen molar-refractivity contribution in [3.05, 3.63) is 54.2 Å². The number of imidazole rings is 1. The van der Waals surface area contributed by atoms with Crippen LogP contribution in [-0.2, 0) is 17.2 Å². The molecule has 3 heterocycles. The van der Waals surface area contributed by atoms with Crippen molar-refractivity contribution in [1.29, 1.82) is 0 Å². The number of fused-ring (bicyclic) bond motifs is 2. The Morgan fingerprint density at radius 3 is 3.09 bits per heavy atom. The van der Waals surface area contributed by atoms with E-state index in [1.165, 1.54) is 16.9 Å². The Morgan fingerprint density at radius 2 is 2.23 bits per heavy atom. The molecular formula is C15H12N4OS2. The van der Waals surface area contributed by atoms with Gasteiger partial charge in [0.2, 0.25) is 0 Å². The van der Waals surface area contributed by atoms with Crippen molar-refractivity contribution in [2.75, 3.05) is 6.26 Å².